The third kappa shape index (κ3) is 32.8. The Kier molecular flexibility index (Phi) is 58.1. The standard InChI is InChI=1S/C5H5.C2H3O.C2H5.CH3.Pt/c1-2-4-5-3-1;1-2-3;1-2;;/h1-5H;1H3;1H2,2H3;1H3;/q;3*-1;. The maximum absolute atomic E-state index is 8.68. The molecule has 0 saturated heterocycles. The largest absolute Gasteiger partial charge is 0.542 e. The second kappa shape index (κ2) is 30.8. The molecule has 0 N–H and O–H groups in total. The van der Waals surface area contributed by atoms with Gasteiger partial charge in [0.25, 0.3) is 0 Å². The van der Waals surface area contributed by atoms with E-state index < -0.39 is 0 Å². The topological polar surface area (TPSA) is 17.1 Å². The molecule has 12 heavy (non-hydrogen) atoms. The van der Waals surface area contributed by atoms with E-state index in [1.54, 1.807) is 6.92 Å². The molecule has 0 aromatic rings. The molecule has 1 rings (SSSR count). The quantitative estimate of drug-likeness (QED) is 0.616. The molecule has 0 unspecified atom stereocenters. The van der Waals surface area contributed by atoms with E-state index in [1.807, 2.05) is 30.7 Å². The SMILES string of the molecule is C[C-]=O.[CH2-]C.[CH3-].[CH]1C=CC=C1.[Pt]. The average Bonchev–Trinajstić information content (AvgIpc) is 2.48. The van der Waals surface area contributed by atoms with Crippen LogP contribution in [0.25, 0.3) is 0 Å². The summed E-state index contributed by atoms with van der Waals surface area (Å²) in [7, 11) is 0. The van der Waals surface area contributed by atoms with Crippen molar-refractivity contribution in [3.63, 3.8) is 0 Å². The summed E-state index contributed by atoms with van der Waals surface area (Å²) in [6.45, 7) is 6.32. The molecule has 75 valence electrons. The molecule has 1 aliphatic carbocycles. The van der Waals surface area contributed by atoms with Gasteiger partial charge in [0.05, 0.1) is 0 Å². The number of allylic oxidation sites excluding steroid dienone is 4. The van der Waals surface area contributed by atoms with Gasteiger partial charge in [-0.15, -0.1) is 0 Å². The Morgan fingerprint density at radius 1 is 1.08 bits per heavy atom. The Balaban J connectivity index is -0.0000000415. The van der Waals surface area contributed by atoms with Crippen LogP contribution in [0.5, 0.6) is 0 Å². The van der Waals surface area contributed by atoms with Gasteiger partial charge in [-0.25, -0.2) is 0 Å². The van der Waals surface area contributed by atoms with Gasteiger partial charge in [-0.05, 0) is 0 Å². The second-order valence-electron chi connectivity index (χ2n) is 1.17. The predicted octanol–water partition coefficient (Wildman–Crippen LogP) is 2.72. The summed E-state index contributed by atoms with van der Waals surface area (Å²) in [6, 6.07) is 0. The van der Waals surface area contributed by atoms with Crippen LogP contribution in [0.3, 0.4) is 0 Å². The van der Waals surface area contributed by atoms with Gasteiger partial charge in [0.15, 0.2) is 0 Å². The summed E-state index contributed by atoms with van der Waals surface area (Å²) in [5.74, 6) is 0. The summed E-state index contributed by atoms with van der Waals surface area (Å²) in [6.07, 6.45) is 11.5. The maximum Gasteiger partial charge on any atom is 0.00506 e. The predicted molar refractivity (Wildman–Crippen MR) is 51.4 cm³/mol. The van der Waals surface area contributed by atoms with Crippen LogP contribution in [-0.4, -0.2) is 6.29 Å². The van der Waals surface area contributed by atoms with Crippen LogP contribution in [0.1, 0.15) is 13.8 Å². The summed E-state index contributed by atoms with van der Waals surface area (Å²) in [5, 5.41) is 0. The Bertz CT molecular complexity index is 96.4. The van der Waals surface area contributed by atoms with Crippen LogP contribution >= 0.6 is 0 Å². The number of rotatable bonds is 0. The molecule has 1 aliphatic rings. The molecule has 0 aromatic carbocycles. The molecular weight excluding hydrogens is 331 g/mol. The third-order valence-electron chi connectivity index (χ3n) is 0.556. The van der Waals surface area contributed by atoms with Gasteiger partial charge in [0, 0.05) is 27.5 Å². The third-order valence-corrected chi connectivity index (χ3v) is 0.556. The van der Waals surface area contributed by atoms with E-state index in [0.717, 1.165) is 0 Å². The maximum atomic E-state index is 8.68. The van der Waals surface area contributed by atoms with E-state index in [9.17, 15) is 0 Å². The molecule has 0 spiro atoms. The number of hydrogen-bond donors (Lipinski definition) is 0. The fourth-order valence-electron chi connectivity index (χ4n) is 0.321. The number of hydrogen-bond acceptors (Lipinski definition) is 1. The van der Waals surface area contributed by atoms with Crippen LogP contribution < -0.4 is 0 Å². The number of carbonyl (C=O) groups excluding carboxylic acids is 1. The first-order chi connectivity index (χ1) is 4.91. The van der Waals surface area contributed by atoms with Gasteiger partial charge in [-0.3, -0.25) is 6.29 Å². The summed E-state index contributed by atoms with van der Waals surface area (Å²) >= 11 is 0. The first kappa shape index (κ1) is 22.6. The zero-order valence-electron chi connectivity index (χ0n) is 7.82. The fraction of sp³-hybridized carbons (Fsp3) is 0.200. The van der Waals surface area contributed by atoms with Crippen LogP contribution in [-0.2, 0) is 25.9 Å². The van der Waals surface area contributed by atoms with Crippen LogP contribution in [0.15, 0.2) is 24.3 Å². The van der Waals surface area contributed by atoms with Crippen molar-refractivity contribution in [3.05, 3.63) is 45.1 Å². The molecule has 0 amide bonds. The summed E-state index contributed by atoms with van der Waals surface area (Å²) < 4.78 is 0. The van der Waals surface area contributed by atoms with E-state index in [4.69, 9.17) is 4.79 Å². The van der Waals surface area contributed by atoms with Crippen molar-refractivity contribution in [2.24, 2.45) is 0 Å². The summed E-state index contributed by atoms with van der Waals surface area (Å²) in [4.78, 5) is 8.68. The first-order valence-corrected chi connectivity index (χ1v) is 3.08. The Hall–Kier alpha value is -0.162. The minimum Gasteiger partial charge on any atom is -0.542 e. The minimum absolute atomic E-state index is 0. The molecule has 0 fully saturated rings. The van der Waals surface area contributed by atoms with Crippen molar-refractivity contribution in [2.75, 3.05) is 0 Å². The van der Waals surface area contributed by atoms with Gasteiger partial charge in [0.1, 0.15) is 0 Å². The molecule has 0 aliphatic heterocycles. The second-order valence-corrected chi connectivity index (χ2v) is 1.17. The van der Waals surface area contributed by atoms with Gasteiger partial charge in [-0.2, -0.15) is 13.8 Å². The van der Waals surface area contributed by atoms with Crippen LogP contribution in [0.2, 0.25) is 0 Å². The molecular formula is C10H16OPt-3. The Morgan fingerprint density at radius 2 is 1.33 bits per heavy atom. The molecule has 0 saturated carbocycles. The Morgan fingerprint density at radius 3 is 1.42 bits per heavy atom. The minimum atomic E-state index is 0. The van der Waals surface area contributed by atoms with Crippen molar-refractivity contribution in [2.45, 2.75) is 13.8 Å². The van der Waals surface area contributed by atoms with E-state index in [0.29, 0.717) is 0 Å². The average molecular weight is 347 g/mol. The molecule has 0 atom stereocenters. The van der Waals surface area contributed by atoms with Crippen molar-refractivity contribution < 1.29 is 25.9 Å². The summed E-state index contributed by atoms with van der Waals surface area (Å²) in [5.41, 5.74) is 0. The zero-order valence-corrected chi connectivity index (χ0v) is 10.1. The monoisotopic (exact) mass is 347 g/mol. The van der Waals surface area contributed by atoms with Crippen molar-refractivity contribution >= 4 is 6.29 Å². The molecule has 1 radical (unpaired) electrons. The zero-order chi connectivity index (χ0) is 8.24. The van der Waals surface area contributed by atoms with E-state index in [2.05, 4.69) is 6.92 Å². The molecule has 1 nitrogen and oxygen atoms in total. The normalized spacial score (nSPS) is 8.92. The first-order valence-electron chi connectivity index (χ1n) is 3.08. The van der Waals surface area contributed by atoms with Crippen LogP contribution in [0.4, 0.5) is 0 Å². The van der Waals surface area contributed by atoms with Gasteiger partial charge in [-0.1, -0.05) is 24.3 Å². The molecule has 0 bridgehead atoms. The smallest absolute Gasteiger partial charge is 0.00506 e. The van der Waals surface area contributed by atoms with Gasteiger partial charge >= 0.3 is 0 Å². The van der Waals surface area contributed by atoms with Crippen molar-refractivity contribution in [1.82, 2.24) is 0 Å². The van der Waals surface area contributed by atoms with E-state index >= 15 is 0 Å². The van der Waals surface area contributed by atoms with Crippen LogP contribution in [0, 0.1) is 20.8 Å². The van der Waals surface area contributed by atoms with Gasteiger partial charge < -0.3 is 19.1 Å². The van der Waals surface area contributed by atoms with Crippen molar-refractivity contribution in [3.8, 4) is 0 Å². The Labute approximate surface area is 91.2 Å². The molecule has 0 aromatic heterocycles. The van der Waals surface area contributed by atoms with Crippen molar-refractivity contribution in [1.29, 1.82) is 0 Å². The fourth-order valence-corrected chi connectivity index (χ4v) is 0.321. The van der Waals surface area contributed by atoms with E-state index in [1.165, 1.54) is 13.2 Å². The van der Waals surface area contributed by atoms with E-state index in [-0.39, 0.29) is 28.5 Å². The van der Waals surface area contributed by atoms with Gasteiger partial charge in [0.2, 0.25) is 0 Å². The molecule has 2 heteroatoms. The molecule has 0 heterocycles.